The number of benzene rings is 1. The summed E-state index contributed by atoms with van der Waals surface area (Å²) >= 11 is 0. The van der Waals surface area contributed by atoms with Gasteiger partial charge in [-0.15, -0.1) is 0 Å². The highest BCUT2D eigenvalue weighted by molar-refractivity contribution is 5.81. The Labute approximate surface area is 170 Å². The van der Waals surface area contributed by atoms with Crippen LogP contribution in [-0.4, -0.2) is 47.7 Å². The van der Waals surface area contributed by atoms with Gasteiger partial charge in [-0.2, -0.15) is 0 Å². The first-order chi connectivity index (χ1) is 13.2. The Bertz CT molecular complexity index is 746. The smallest absolute Gasteiger partial charge is 0.504 e. The van der Waals surface area contributed by atoms with Crippen LogP contribution in [0.1, 0.15) is 47.1 Å². The predicted molar refractivity (Wildman–Crippen MR) is 104 cm³/mol. The van der Waals surface area contributed by atoms with E-state index in [1.807, 2.05) is 0 Å². The highest BCUT2D eigenvalue weighted by Gasteiger charge is 2.26. The molecule has 1 aromatic carbocycles. The van der Waals surface area contributed by atoms with Crippen molar-refractivity contribution in [2.75, 3.05) is 7.11 Å². The molecule has 1 amide bonds. The summed E-state index contributed by atoms with van der Waals surface area (Å²) in [6.45, 7) is 10.1. The van der Waals surface area contributed by atoms with Gasteiger partial charge in [0.15, 0.2) is 11.5 Å². The van der Waals surface area contributed by atoms with E-state index in [9.17, 15) is 19.5 Å². The molecule has 0 saturated heterocycles. The molecule has 1 atom stereocenters. The molecule has 1 rings (SSSR count). The number of esters is 1. The van der Waals surface area contributed by atoms with Gasteiger partial charge in [0, 0.05) is 6.42 Å². The minimum atomic E-state index is -1.04. The zero-order valence-corrected chi connectivity index (χ0v) is 17.8. The lowest BCUT2D eigenvalue weighted by atomic mass is 10.1. The van der Waals surface area contributed by atoms with Gasteiger partial charge >= 0.3 is 18.2 Å². The average Bonchev–Trinajstić information content (AvgIpc) is 2.52. The third-order valence-corrected chi connectivity index (χ3v) is 3.22. The largest absolute Gasteiger partial charge is 0.514 e. The zero-order valence-electron chi connectivity index (χ0n) is 17.8. The number of amides is 1. The maximum Gasteiger partial charge on any atom is 0.514 e. The van der Waals surface area contributed by atoms with Crippen LogP contribution in [-0.2, 0) is 25.4 Å². The van der Waals surface area contributed by atoms with Crippen molar-refractivity contribution in [3.05, 3.63) is 23.8 Å². The molecule has 0 aliphatic rings. The van der Waals surface area contributed by atoms with Crippen LogP contribution in [0.15, 0.2) is 18.2 Å². The number of methoxy groups -OCH3 is 1. The van der Waals surface area contributed by atoms with Crippen molar-refractivity contribution in [2.45, 2.75) is 65.2 Å². The van der Waals surface area contributed by atoms with E-state index in [2.05, 4.69) is 5.32 Å². The number of alkyl carbamates (subject to hydrolysis) is 1. The molecule has 0 radical (unpaired) electrons. The fourth-order valence-electron chi connectivity index (χ4n) is 2.16. The summed E-state index contributed by atoms with van der Waals surface area (Å²) < 4.78 is 19.9. The zero-order chi connectivity index (χ0) is 22.4. The number of aromatic hydroxyl groups is 1. The van der Waals surface area contributed by atoms with Crippen molar-refractivity contribution >= 4 is 18.2 Å². The van der Waals surface area contributed by atoms with Crippen LogP contribution >= 0.6 is 0 Å². The first-order valence-electron chi connectivity index (χ1n) is 9.00. The number of carbonyl (C=O) groups excluding carboxylic acids is 3. The number of carbonyl (C=O) groups is 3. The van der Waals surface area contributed by atoms with Gasteiger partial charge in [-0.3, -0.25) is 0 Å². The molecule has 162 valence electrons. The normalized spacial score (nSPS) is 12.5. The second kappa shape index (κ2) is 9.49. The van der Waals surface area contributed by atoms with Crippen molar-refractivity contribution in [3.63, 3.8) is 0 Å². The Morgan fingerprint density at radius 2 is 1.62 bits per heavy atom. The van der Waals surface area contributed by atoms with Gasteiger partial charge in [0.25, 0.3) is 0 Å². The molecule has 1 aromatic rings. The highest BCUT2D eigenvalue weighted by Crippen LogP contribution is 2.28. The topological polar surface area (TPSA) is 120 Å². The number of phenolic OH excluding ortho intramolecular Hbond substituents is 1. The van der Waals surface area contributed by atoms with Crippen molar-refractivity contribution in [2.24, 2.45) is 0 Å². The number of ether oxygens (including phenoxy) is 4. The van der Waals surface area contributed by atoms with E-state index >= 15 is 0 Å². The van der Waals surface area contributed by atoms with Gasteiger partial charge in [0.1, 0.15) is 17.2 Å². The van der Waals surface area contributed by atoms with Crippen LogP contribution in [0.3, 0.4) is 0 Å². The number of nitrogens with one attached hydrogen (secondary N) is 1. The van der Waals surface area contributed by atoms with E-state index in [0.717, 1.165) is 0 Å². The first kappa shape index (κ1) is 24.1. The Hall–Kier alpha value is -2.97. The second-order valence-corrected chi connectivity index (χ2v) is 8.29. The van der Waals surface area contributed by atoms with Crippen LogP contribution < -0.4 is 10.1 Å². The molecule has 0 fully saturated rings. The Kier molecular flexibility index (Phi) is 7.87. The average molecular weight is 411 g/mol. The van der Waals surface area contributed by atoms with E-state index in [1.165, 1.54) is 25.3 Å². The maximum atomic E-state index is 12.0. The summed E-state index contributed by atoms with van der Waals surface area (Å²) in [5.41, 5.74) is -0.984. The molecule has 0 aliphatic heterocycles. The fourth-order valence-corrected chi connectivity index (χ4v) is 2.16. The molecule has 29 heavy (non-hydrogen) atoms. The second-order valence-electron chi connectivity index (χ2n) is 8.29. The van der Waals surface area contributed by atoms with Crippen molar-refractivity contribution in [1.82, 2.24) is 5.32 Å². The lowest BCUT2D eigenvalue weighted by Crippen LogP contribution is -2.45. The van der Waals surface area contributed by atoms with Gasteiger partial charge < -0.3 is 29.4 Å². The molecule has 0 aromatic heterocycles. The predicted octanol–water partition coefficient (Wildman–Crippen LogP) is 3.31. The standard InChI is InChI=1S/C20H29NO8/c1-19(2,3)28-17(24)21-13(16(23)26-7)10-12-8-9-15(14(22)11-12)27-18(25)29-20(4,5)6/h8-9,11,13,22H,10H2,1-7H3,(H,21,24)/t13-/m0/s1. The van der Waals surface area contributed by atoms with E-state index in [-0.39, 0.29) is 17.9 Å². The molecule has 0 saturated carbocycles. The molecule has 0 bridgehead atoms. The SMILES string of the molecule is COC(=O)[C@H](Cc1ccc(OC(=O)OC(C)(C)C)c(O)c1)NC(=O)OC(C)(C)C. The van der Waals surface area contributed by atoms with Crippen molar-refractivity contribution < 1.29 is 38.4 Å². The first-order valence-corrected chi connectivity index (χ1v) is 9.00. The van der Waals surface area contributed by atoms with Crippen LogP contribution in [0.2, 0.25) is 0 Å². The lowest BCUT2D eigenvalue weighted by Gasteiger charge is -2.22. The number of hydrogen-bond donors (Lipinski definition) is 2. The van der Waals surface area contributed by atoms with Crippen LogP contribution in [0.4, 0.5) is 9.59 Å². The van der Waals surface area contributed by atoms with E-state index in [0.29, 0.717) is 5.56 Å². The Morgan fingerprint density at radius 3 is 2.10 bits per heavy atom. The van der Waals surface area contributed by atoms with E-state index in [1.54, 1.807) is 41.5 Å². The summed E-state index contributed by atoms with van der Waals surface area (Å²) in [6.07, 6.45) is -1.71. The van der Waals surface area contributed by atoms with Crippen LogP contribution in [0.25, 0.3) is 0 Å². The van der Waals surface area contributed by atoms with E-state index < -0.39 is 35.5 Å². The van der Waals surface area contributed by atoms with Gasteiger partial charge in [-0.1, -0.05) is 6.07 Å². The molecule has 0 heterocycles. The third-order valence-electron chi connectivity index (χ3n) is 3.22. The van der Waals surface area contributed by atoms with Gasteiger partial charge in [-0.05, 0) is 59.2 Å². The number of phenols is 1. The summed E-state index contributed by atoms with van der Waals surface area (Å²) in [5, 5.41) is 12.6. The van der Waals surface area contributed by atoms with Gasteiger partial charge in [-0.25, -0.2) is 14.4 Å². The molecular formula is C20H29NO8. The monoisotopic (exact) mass is 411 g/mol. The molecular weight excluding hydrogens is 382 g/mol. The minimum absolute atomic E-state index is 0.0200. The van der Waals surface area contributed by atoms with Crippen molar-refractivity contribution in [3.8, 4) is 11.5 Å². The Morgan fingerprint density at radius 1 is 1.03 bits per heavy atom. The third kappa shape index (κ3) is 9.18. The molecule has 0 unspecified atom stereocenters. The summed E-state index contributed by atoms with van der Waals surface area (Å²) in [4.78, 5) is 35.7. The molecule has 9 heteroatoms. The molecule has 0 aliphatic carbocycles. The summed E-state index contributed by atoms with van der Waals surface area (Å²) in [7, 11) is 1.20. The fraction of sp³-hybridized carbons (Fsp3) is 0.550. The van der Waals surface area contributed by atoms with Gasteiger partial charge in [0.05, 0.1) is 7.11 Å². The van der Waals surface area contributed by atoms with Gasteiger partial charge in [0.2, 0.25) is 0 Å². The van der Waals surface area contributed by atoms with Crippen LogP contribution in [0.5, 0.6) is 11.5 Å². The van der Waals surface area contributed by atoms with E-state index in [4.69, 9.17) is 18.9 Å². The summed E-state index contributed by atoms with van der Waals surface area (Å²) in [5.74, 6) is -1.10. The number of rotatable bonds is 5. The molecule has 9 nitrogen and oxygen atoms in total. The highest BCUT2D eigenvalue weighted by atomic mass is 16.7. The Balaban J connectivity index is 2.87. The summed E-state index contributed by atoms with van der Waals surface area (Å²) in [6, 6.07) is 3.17. The molecule has 2 N–H and O–H groups in total. The van der Waals surface area contributed by atoms with Crippen LogP contribution in [0, 0.1) is 0 Å². The molecule has 0 spiro atoms. The maximum absolute atomic E-state index is 12.0. The van der Waals surface area contributed by atoms with Crippen molar-refractivity contribution in [1.29, 1.82) is 0 Å². The quantitative estimate of drug-likeness (QED) is 0.430. The number of hydrogen-bond acceptors (Lipinski definition) is 8. The minimum Gasteiger partial charge on any atom is -0.504 e. The lowest BCUT2D eigenvalue weighted by molar-refractivity contribution is -0.143.